The summed E-state index contributed by atoms with van der Waals surface area (Å²) in [4.78, 5) is 1.00. The van der Waals surface area contributed by atoms with Gasteiger partial charge in [0.25, 0.3) is 0 Å². The zero-order chi connectivity index (χ0) is 22.8. The highest BCUT2D eigenvalue weighted by Gasteiger charge is 2.21. The van der Waals surface area contributed by atoms with E-state index in [1.54, 1.807) is 5.57 Å². The molecule has 0 bridgehead atoms. The van der Waals surface area contributed by atoms with Gasteiger partial charge in [-0.15, -0.1) is 0 Å². The fraction of sp³-hybridized carbons (Fsp3) is 0.630. The summed E-state index contributed by atoms with van der Waals surface area (Å²) in [6.07, 6.45) is 12.8. The zero-order valence-electron chi connectivity index (χ0n) is 20.6. The summed E-state index contributed by atoms with van der Waals surface area (Å²) < 4.78 is 16.5. The Hall–Kier alpha value is -1.23. The van der Waals surface area contributed by atoms with Crippen LogP contribution < -0.4 is 10.0 Å². The molecule has 0 aromatic heterocycles. The molecular formula is C27H44N2OS. The van der Waals surface area contributed by atoms with E-state index in [1.165, 1.54) is 36.0 Å². The van der Waals surface area contributed by atoms with Crippen LogP contribution >= 0.6 is 0 Å². The molecule has 0 aliphatic heterocycles. The van der Waals surface area contributed by atoms with Crippen LogP contribution in [-0.2, 0) is 11.0 Å². The van der Waals surface area contributed by atoms with Crippen molar-refractivity contribution in [3.05, 3.63) is 52.6 Å². The number of rotatable bonds is 13. The standard InChI is InChI=1S/C27H44N2OS/c1-20(2)24-18-25(21(3)4)27(26(19-24)22(5)6)31(30)29-17-16-28-15-11-10-14-23-12-8-7-9-13-23/h7-8,13,18-22,28-29H,9-12,14-17H2,1-6H3. The molecule has 31 heavy (non-hydrogen) atoms. The summed E-state index contributed by atoms with van der Waals surface area (Å²) in [5, 5.41) is 3.50. The molecule has 1 unspecified atom stereocenters. The molecule has 0 heterocycles. The van der Waals surface area contributed by atoms with Gasteiger partial charge in [0.1, 0.15) is 11.0 Å². The van der Waals surface area contributed by atoms with E-state index in [4.69, 9.17) is 0 Å². The van der Waals surface area contributed by atoms with Crippen molar-refractivity contribution in [1.29, 1.82) is 0 Å². The molecule has 1 aliphatic rings. The predicted octanol–water partition coefficient (Wildman–Crippen LogP) is 6.71. The second kappa shape index (κ2) is 13.3. The van der Waals surface area contributed by atoms with E-state index < -0.39 is 11.0 Å². The van der Waals surface area contributed by atoms with Gasteiger partial charge in [0.15, 0.2) is 0 Å². The van der Waals surface area contributed by atoms with Crippen molar-refractivity contribution in [2.45, 2.75) is 96.3 Å². The van der Waals surface area contributed by atoms with Crippen LogP contribution in [0.3, 0.4) is 0 Å². The molecule has 0 saturated carbocycles. The molecule has 3 nitrogen and oxygen atoms in total. The van der Waals surface area contributed by atoms with Crippen LogP contribution in [0.2, 0.25) is 0 Å². The molecule has 0 radical (unpaired) electrons. The largest absolute Gasteiger partial charge is 0.315 e. The van der Waals surface area contributed by atoms with Gasteiger partial charge in [-0.25, -0.2) is 8.93 Å². The van der Waals surface area contributed by atoms with Crippen molar-refractivity contribution in [1.82, 2.24) is 10.0 Å². The highest BCUT2D eigenvalue weighted by Crippen LogP contribution is 2.33. The lowest BCUT2D eigenvalue weighted by Crippen LogP contribution is -2.30. The van der Waals surface area contributed by atoms with Gasteiger partial charge < -0.3 is 5.32 Å². The lowest BCUT2D eigenvalue weighted by atomic mass is 9.89. The van der Waals surface area contributed by atoms with Crippen LogP contribution in [0.5, 0.6) is 0 Å². The zero-order valence-corrected chi connectivity index (χ0v) is 21.4. The van der Waals surface area contributed by atoms with Crippen LogP contribution in [-0.4, -0.2) is 23.8 Å². The third-order valence-electron chi connectivity index (χ3n) is 5.99. The Labute approximate surface area is 193 Å². The summed E-state index contributed by atoms with van der Waals surface area (Å²) in [7, 11) is -1.19. The Balaban J connectivity index is 1.83. The highest BCUT2D eigenvalue weighted by molar-refractivity contribution is 7.83. The quantitative estimate of drug-likeness (QED) is 0.262. The van der Waals surface area contributed by atoms with Gasteiger partial charge in [-0.05, 0) is 73.1 Å². The lowest BCUT2D eigenvalue weighted by molar-refractivity contribution is 0.610. The summed E-state index contributed by atoms with van der Waals surface area (Å²) in [6, 6.07) is 4.54. The number of hydrogen-bond donors (Lipinski definition) is 2. The average Bonchev–Trinajstić information content (AvgIpc) is 2.74. The first-order chi connectivity index (χ1) is 14.8. The van der Waals surface area contributed by atoms with Crippen molar-refractivity contribution in [3.8, 4) is 0 Å². The SMILES string of the molecule is CC(C)c1cc(C(C)C)c(S(=O)NCCNCCCCC2=CCC=CC2)c(C(C)C)c1. The van der Waals surface area contributed by atoms with E-state index in [-0.39, 0.29) is 0 Å². The van der Waals surface area contributed by atoms with Gasteiger partial charge in [-0.2, -0.15) is 0 Å². The van der Waals surface area contributed by atoms with Crippen molar-refractivity contribution in [3.63, 3.8) is 0 Å². The number of allylic oxidation sites excluding steroid dienone is 4. The Morgan fingerprint density at radius 3 is 2.10 bits per heavy atom. The summed E-state index contributed by atoms with van der Waals surface area (Å²) >= 11 is 0. The predicted molar refractivity (Wildman–Crippen MR) is 136 cm³/mol. The molecule has 0 fully saturated rings. The molecule has 0 saturated heterocycles. The smallest absolute Gasteiger partial charge is 0.125 e. The molecule has 1 aromatic rings. The molecule has 2 rings (SSSR count). The van der Waals surface area contributed by atoms with Gasteiger partial charge in [-0.3, -0.25) is 0 Å². The van der Waals surface area contributed by atoms with Gasteiger partial charge in [0.05, 0.1) is 4.90 Å². The van der Waals surface area contributed by atoms with Gasteiger partial charge in [0, 0.05) is 13.1 Å². The van der Waals surface area contributed by atoms with E-state index in [2.05, 4.69) is 81.9 Å². The normalized spacial score (nSPS) is 15.2. The Morgan fingerprint density at radius 2 is 1.55 bits per heavy atom. The fourth-order valence-corrected chi connectivity index (χ4v) is 5.44. The monoisotopic (exact) mass is 444 g/mol. The maximum atomic E-state index is 13.2. The number of unbranched alkanes of at least 4 members (excludes halogenated alkanes) is 1. The van der Waals surface area contributed by atoms with Gasteiger partial charge in [-0.1, -0.05) is 77.5 Å². The average molecular weight is 445 g/mol. The molecule has 1 aliphatic carbocycles. The van der Waals surface area contributed by atoms with Crippen molar-refractivity contribution in [2.75, 3.05) is 19.6 Å². The number of nitrogens with one attached hydrogen (secondary N) is 2. The first kappa shape index (κ1) is 26.0. The molecular weight excluding hydrogens is 400 g/mol. The molecule has 0 spiro atoms. The number of hydrogen-bond acceptors (Lipinski definition) is 2. The van der Waals surface area contributed by atoms with Crippen LogP contribution in [0.15, 0.2) is 40.8 Å². The first-order valence-corrected chi connectivity index (χ1v) is 13.3. The van der Waals surface area contributed by atoms with Crippen LogP contribution in [0.1, 0.15) is 108 Å². The fourth-order valence-electron chi connectivity index (χ4n) is 3.99. The van der Waals surface area contributed by atoms with Crippen molar-refractivity contribution >= 4 is 11.0 Å². The molecule has 4 heteroatoms. The third kappa shape index (κ3) is 8.32. The lowest BCUT2D eigenvalue weighted by Gasteiger charge is -2.22. The minimum absolute atomic E-state index is 0.352. The van der Waals surface area contributed by atoms with Crippen molar-refractivity contribution < 1.29 is 4.21 Å². The number of benzene rings is 1. The van der Waals surface area contributed by atoms with E-state index in [0.29, 0.717) is 24.3 Å². The van der Waals surface area contributed by atoms with Gasteiger partial charge >= 0.3 is 0 Å². The van der Waals surface area contributed by atoms with Crippen LogP contribution in [0, 0.1) is 0 Å². The van der Waals surface area contributed by atoms with E-state index in [9.17, 15) is 4.21 Å². The van der Waals surface area contributed by atoms with E-state index in [1.807, 2.05) is 0 Å². The Bertz CT molecular complexity index is 748. The first-order valence-electron chi connectivity index (χ1n) is 12.2. The van der Waals surface area contributed by atoms with Crippen molar-refractivity contribution in [2.24, 2.45) is 0 Å². The third-order valence-corrected chi connectivity index (χ3v) is 7.30. The maximum Gasteiger partial charge on any atom is 0.125 e. The second-order valence-corrected chi connectivity index (χ2v) is 10.9. The summed E-state index contributed by atoms with van der Waals surface area (Å²) in [5.74, 6) is 1.18. The minimum atomic E-state index is -1.19. The van der Waals surface area contributed by atoms with Crippen LogP contribution in [0.25, 0.3) is 0 Å². The van der Waals surface area contributed by atoms with Gasteiger partial charge in [0.2, 0.25) is 0 Å². The highest BCUT2D eigenvalue weighted by atomic mass is 32.2. The second-order valence-electron chi connectivity index (χ2n) is 9.64. The molecule has 0 amide bonds. The maximum absolute atomic E-state index is 13.2. The van der Waals surface area contributed by atoms with E-state index >= 15 is 0 Å². The molecule has 1 atom stereocenters. The van der Waals surface area contributed by atoms with E-state index in [0.717, 1.165) is 30.8 Å². The van der Waals surface area contributed by atoms with Crippen LogP contribution in [0.4, 0.5) is 0 Å². The summed E-state index contributed by atoms with van der Waals surface area (Å²) in [5.41, 5.74) is 5.38. The topological polar surface area (TPSA) is 41.1 Å². The molecule has 1 aromatic carbocycles. The Morgan fingerprint density at radius 1 is 0.871 bits per heavy atom. The minimum Gasteiger partial charge on any atom is -0.315 e. The Kier molecular flexibility index (Phi) is 11.2. The molecule has 174 valence electrons. The molecule has 2 N–H and O–H groups in total. The summed E-state index contributed by atoms with van der Waals surface area (Å²) in [6.45, 7) is 15.8.